The first-order chi connectivity index (χ1) is 11.8. The molecule has 1 amide bonds. The van der Waals surface area contributed by atoms with Gasteiger partial charge in [-0.25, -0.2) is 15.0 Å². The number of nitrogens with one attached hydrogen (secondary N) is 1. The number of halogens is 3. The predicted octanol–water partition coefficient (Wildman–Crippen LogP) is 2.97. The maximum Gasteiger partial charge on any atom is 0.416 e. The maximum atomic E-state index is 12.8. The molecule has 3 rings (SSSR count). The van der Waals surface area contributed by atoms with Crippen LogP contribution < -0.4 is 5.32 Å². The van der Waals surface area contributed by atoms with Gasteiger partial charge in [0.15, 0.2) is 0 Å². The van der Waals surface area contributed by atoms with Crippen molar-refractivity contribution in [3.8, 4) is 0 Å². The van der Waals surface area contributed by atoms with E-state index in [4.69, 9.17) is 0 Å². The summed E-state index contributed by atoms with van der Waals surface area (Å²) >= 11 is 0. The number of likely N-dealkylation sites (tertiary alicyclic amines) is 1. The lowest BCUT2D eigenvalue weighted by atomic mass is 10.1. The van der Waals surface area contributed by atoms with Gasteiger partial charge in [0.05, 0.1) is 11.3 Å². The number of nitrogens with zero attached hydrogens (tertiary/aromatic N) is 4. The lowest BCUT2D eigenvalue weighted by molar-refractivity contribution is -0.137. The minimum Gasteiger partial charge on any atom is -0.342 e. The third kappa shape index (κ3) is 4.04. The number of aromatic nitrogens is 3. The molecular formula is C16H16F3N5O. The smallest absolute Gasteiger partial charge is 0.342 e. The first-order valence-electron chi connectivity index (χ1n) is 7.71. The minimum atomic E-state index is -4.44. The van der Waals surface area contributed by atoms with Crippen LogP contribution in [0.2, 0.25) is 0 Å². The molecule has 132 valence electrons. The van der Waals surface area contributed by atoms with E-state index in [1.807, 2.05) is 0 Å². The Morgan fingerprint density at radius 3 is 2.72 bits per heavy atom. The average Bonchev–Trinajstić information content (AvgIpc) is 3.05. The summed E-state index contributed by atoms with van der Waals surface area (Å²) in [5.74, 6) is 0.291. The molecule has 1 fully saturated rings. The average molecular weight is 351 g/mol. The fourth-order valence-corrected chi connectivity index (χ4v) is 2.74. The van der Waals surface area contributed by atoms with Gasteiger partial charge in [0.2, 0.25) is 11.9 Å². The Morgan fingerprint density at radius 2 is 2.04 bits per heavy atom. The molecule has 2 aromatic rings. The molecule has 1 atom stereocenters. The Bertz CT molecular complexity index is 780. The van der Waals surface area contributed by atoms with Gasteiger partial charge < -0.3 is 10.2 Å². The molecule has 1 aliphatic rings. The molecule has 0 unspecified atom stereocenters. The third-order valence-electron chi connectivity index (χ3n) is 4.06. The van der Waals surface area contributed by atoms with Crippen LogP contribution in [-0.2, 0) is 11.0 Å². The Labute approximate surface area is 142 Å². The highest BCUT2D eigenvalue weighted by Crippen LogP contribution is 2.30. The van der Waals surface area contributed by atoms with Crippen molar-refractivity contribution in [3.05, 3.63) is 41.9 Å². The molecule has 2 aromatic heterocycles. The van der Waals surface area contributed by atoms with E-state index < -0.39 is 11.7 Å². The fourth-order valence-electron chi connectivity index (χ4n) is 2.74. The van der Waals surface area contributed by atoms with E-state index in [1.54, 1.807) is 11.0 Å². The molecule has 0 aliphatic carbocycles. The number of anilines is 2. The summed E-state index contributed by atoms with van der Waals surface area (Å²) in [6.07, 6.45) is -1.04. The van der Waals surface area contributed by atoms with Crippen molar-refractivity contribution in [2.45, 2.75) is 25.4 Å². The van der Waals surface area contributed by atoms with E-state index in [9.17, 15) is 18.0 Å². The van der Waals surface area contributed by atoms with Crippen LogP contribution >= 0.6 is 0 Å². The van der Waals surface area contributed by atoms with Gasteiger partial charge >= 0.3 is 6.18 Å². The van der Waals surface area contributed by atoms with Crippen molar-refractivity contribution in [1.29, 1.82) is 0 Å². The van der Waals surface area contributed by atoms with Gasteiger partial charge in [-0.3, -0.25) is 4.79 Å². The molecular weight excluding hydrogens is 335 g/mol. The SMILES string of the molecule is CC(=O)N1CC[C@@H](c2ccnc(Nc3cc(C(F)(F)F)ccn3)n2)C1. The van der Waals surface area contributed by atoms with Crippen molar-refractivity contribution in [3.63, 3.8) is 0 Å². The van der Waals surface area contributed by atoms with Gasteiger partial charge in [0, 0.05) is 38.3 Å². The first-order valence-corrected chi connectivity index (χ1v) is 7.71. The lowest BCUT2D eigenvalue weighted by Gasteiger charge is -2.14. The molecule has 1 saturated heterocycles. The van der Waals surface area contributed by atoms with Gasteiger partial charge in [-0.2, -0.15) is 13.2 Å². The van der Waals surface area contributed by atoms with Crippen LogP contribution in [0.1, 0.15) is 30.5 Å². The molecule has 0 aromatic carbocycles. The fraction of sp³-hybridized carbons (Fsp3) is 0.375. The van der Waals surface area contributed by atoms with Crippen molar-refractivity contribution < 1.29 is 18.0 Å². The molecule has 25 heavy (non-hydrogen) atoms. The van der Waals surface area contributed by atoms with Gasteiger partial charge in [0.25, 0.3) is 0 Å². The van der Waals surface area contributed by atoms with Gasteiger partial charge in [-0.15, -0.1) is 0 Å². The Morgan fingerprint density at radius 1 is 1.28 bits per heavy atom. The monoisotopic (exact) mass is 351 g/mol. The molecule has 6 nitrogen and oxygen atoms in total. The van der Waals surface area contributed by atoms with E-state index >= 15 is 0 Å². The second kappa shape index (κ2) is 6.66. The van der Waals surface area contributed by atoms with Gasteiger partial charge in [-0.1, -0.05) is 0 Å². The van der Waals surface area contributed by atoms with Crippen LogP contribution in [0.5, 0.6) is 0 Å². The van der Waals surface area contributed by atoms with Crippen LogP contribution in [0, 0.1) is 0 Å². The number of carbonyl (C=O) groups is 1. The summed E-state index contributed by atoms with van der Waals surface area (Å²) in [5.41, 5.74) is -0.0535. The highest BCUT2D eigenvalue weighted by Gasteiger charge is 2.31. The number of hydrogen-bond donors (Lipinski definition) is 1. The van der Waals surface area contributed by atoms with Crippen LogP contribution in [0.4, 0.5) is 24.9 Å². The van der Waals surface area contributed by atoms with Gasteiger partial charge in [-0.05, 0) is 24.6 Å². The zero-order chi connectivity index (χ0) is 18.0. The summed E-state index contributed by atoms with van der Waals surface area (Å²) in [5, 5.41) is 2.70. The van der Waals surface area contributed by atoms with E-state index in [-0.39, 0.29) is 23.6 Å². The number of alkyl halides is 3. The van der Waals surface area contributed by atoms with Gasteiger partial charge in [0.1, 0.15) is 5.82 Å². The normalized spacial score (nSPS) is 17.6. The number of rotatable bonds is 3. The zero-order valence-electron chi connectivity index (χ0n) is 13.4. The lowest BCUT2D eigenvalue weighted by Crippen LogP contribution is -2.25. The van der Waals surface area contributed by atoms with E-state index in [0.717, 1.165) is 30.4 Å². The van der Waals surface area contributed by atoms with Crippen LogP contribution in [0.3, 0.4) is 0 Å². The molecule has 0 saturated carbocycles. The Hall–Kier alpha value is -2.71. The number of amides is 1. The summed E-state index contributed by atoms with van der Waals surface area (Å²) in [7, 11) is 0. The molecule has 1 N–H and O–H groups in total. The molecule has 0 radical (unpaired) electrons. The first kappa shape index (κ1) is 17.1. The minimum absolute atomic E-state index is 0.0167. The number of pyridine rings is 1. The molecule has 3 heterocycles. The van der Waals surface area contributed by atoms with Crippen LogP contribution in [0.25, 0.3) is 0 Å². The summed E-state index contributed by atoms with van der Waals surface area (Å²) < 4.78 is 38.3. The van der Waals surface area contributed by atoms with E-state index in [2.05, 4.69) is 20.3 Å². The number of carbonyl (C=O) groups excluding carboxylic acids is 1. The molecule has 0 bridgehead atoms. The summed E-state index contributed by atoms with van der Waals surface area (Å²) in [6, 6.07) is 3.56. The molecule has 1 aliphatic heterocycles. The highest BCUT2D eigenvalue weighted by molar-refractivity contribution is 5.73. The second-order valence-electron chi connectivity index (χ2n) is 5.81. The van der Waals surface area contributed by atoms with Crippen LogP contribution in [-0.4, -0.2) is 38.8 Å². The van der Waals surface area contributed by atoms with E-state index in [1.165, 1.54) is 13.1 Å². The van der Waals surface area contributed by atoms with Crippen molar-refractivity contribution in [1.82, 2.24) is 19.9 Å². The van der Waals surface area contributed by atoms with Crippen molar-refractivity contribution in [2.75, 3.05) is 18.4 Å². The molecule has 0 spiro atoms. The standard InChI is InChI=1S/C16H16F3N5O/c1-10(25)24-7-4-11(9-24)13-3-6-21-15(22-13)23-14-8-12(2-5-20-14)16(17,18)19/h2-3,5-6,8,11H,4,7,9H2,1H3,(H,20,21,22,23)/t11-/m1/s1. The topological polar surface area (TPSA) is 71.0 Å². The second-order valence-corrected chi connectivity index (χ2v) is 5.81. The quantitative estimate of drug-likeness (QED) is 0.921. The predicted molar refractivity (Wildman–Crippen MR) is 84.2 cm³/mol. The zero-order valence-corrected chi connectivity index (χ0v) is 13.4. The number of hydrogen-bond acceptors (Lipinski definition) is 5. The summed E-state index contributed by atoms with van der Waals surface area (Å²) in [6.45, 7) is 2.77. The maximum absolute atomic E-state index is 12.8. The highest BCUT2D eigenvalue weighted by atomic mass is 19.4. The largest absolute Gasteiger partial charge is 0.416 e. The Kier molecular flexibility index (Phi) is 4.56. The van der Waals surface area contributed by atoms with Crippen LogP contribution in [0.15, 0.2) is 30.6 Å². The Balaban J connectivity index is 1.76. The molecule has 9 heteroatoms. The summed E-state index contributed by atoms with van der Waals surface area (Å²) in [4.78, 5) is 25.4. The van der Waals surface area contributed by atoms with E-state index in [0.29, 0.717) is 13.1 Å². The third-order valence-corrected chi connectivity index (χ3v) is 4.06. The van der Waals surface area contributed by atoms with Crippen molar-refractivity contribution in [2.24, 2.45) is 0 Å². The van der Waals surface area contributed by atoms with Crippen molar-refractivity contribution >= 4 is 17.7 Å².